The van der Waals surface area contributed by atoms with Gasteiger partial charge in [-0.1, -0.05) is 36.4 Å². The first-order valence-electron chi connectivity index (χ1n) is 8.88. The van der Waals surface area contributed by atoms with Crippen LogP contribution >= 0.6 is 0 Å². The highest BCUT2D eigenvalue weighted by molar-refractivity contribution is 5.67. The van der Waals surface area contributed by atoms with Gasteiger partial charge in [-0.15, -0.1) is 6.58 Å². The summed E-state index contributed by atoms with van der Waals surface area (Å²) in [6, 6.07) is 10.1. The molecule has 1 aromatic carbocycles. The Hall–Kier alpha value is -2.22. The Labute approximate surface area is 160 Å². The van der Waals surface area contributed by atoms with Crippen molar-refractivity contribution < 1.29 is 34.0 Å². The molecule has 0 unspecified atom stereocenters. The fourth-order valence-electron chi connectivity index (χ4n) is 1.82. The van der Waals surface area contributed by atoms with Crippen molar-refractivity contribution in [1.82, 2.24) is 0 Å². The predicted molar refractivity (Wildman–Crippen MR) is 102 cm³/mol. The van der Waals surface area contributed by atoms with Crippen LogP contribution in [0.5, 0.6) is 0 Å². The van der Waals surface area contributed by atoms with Crippen molar-refractivity contribution in [1.29, 1.82) is 0 Å². The van der Waals surface area contributed by atoms with Gasteiger partial charge in [0.15, 0.2) is 0 Å². The molecule has 0 atom stereocenters. The molecule has 0 spiro atoms. The van der Waals surface area contributed by atoms with Crippen molar-refractivity contribution in [2.75, 3.05) is 33.0 Å². The zero-order valence-corrected chi connectivity index (χ0v) is 15.7. The second-order valence-electron chi connectivity index (χ2n) is 5.51. The second-order valence-corrected chi connectivity index (χ2v) is 5.51. The molecular weight excluding hydrogens is 352 g/mol. The Morgan fingerprint density at radius 1 is 0.852 bits per heavy atom. The van der Waals surface area contributed by atoms with E-state index in [0.717, 1.165) is 0 Å². The summed E-state index contributed by atoms with van der Waals surface area (Å²) in [6.45, 7) is 7.19. The lowest BCUT2D eigenvalue weighted by atomic mass is 10.2. The van der Waals surface area contributed by atoms with Crippen LogP contribution in [0.25, 0.3) is 0 Å². The van der Waals surface area contributed by atoms with Crippen molar-refractivity contribution in [3.8, 4) is 0 Å². The summed E-state index contributed by atoms with van der Waals surface area (Å²) < 4.78 is 16.0. The molecule has 0 aliphatic heterocycles. The minimum Gasteiger partial charge on any atom is -0.481 e. The lowest BCUT2D eigenvalue weighted by Crippen LogP contribution is -2.09. The molecule has 0 saturated carbocycles. The van der Waals surface area contributed by atoms with Crippen LogP contribution in [0, 0.1) is 0 Å². The molecule has 0 saturated heterocycles. The number of hydrogen-bond donors (Lipinski definition) is 2. The van der Waals surface area contributed by atoms with E-state index >= 15 is 0 Å². The van der Waals surface area contributed by atoms with Gasteiger partial charge in [0.1, 0.15) is 0 Å². The number of aliphatic carboxylic acids is 2. The maximum absolute atomic E-state index is 9.90. The van der Waals surface area contributed by atoms with Gasteiger partial charge in [-0.2, -0.15) is 0 Å². The van der Waals surface area contributed by atoms with Gasteiger partial charge in [0.25, 0.3) is 0 Å². The van der Waals surface area contributed by atoms with Gasteiger partial charge in [0.05, 0.1) is 39.6 Å². The smallest absolute Gasteiger partial charge is 0.303 e. The summed E-state index contributed by atoms with van der Waals surface area (Å²) in [5.74, 6) is -1.74. The highest BCUT2D eigenvalue weighted by Gasteiger charge is 1.99. The van der Waals surface area contributed by atoms with E-state index in [4.69, 9.17) is 24.4 Å². The van der Waals surface area contributed by atoms with Gasteiger partial charge in [-0.05, 0) is 18.4 Å². The Morgan fingerprint density at radius 3 is 1.89 bits per heavy atom. The SMILES string of the molecule is C=CCOCCOCCOCc1ccccc1.O=C(O)CCCCC(=O)O. The van der Waals surface area contributed by atoms with Crippen molar-refractivity contribution in [3.63, 3.8) is 0 Å². The molecule has 0 fully saturated rings. The third kappa shape index (κ3) is 19.9. The normalized spacial score (nSPS) is 9.93. The summed E-state index contributed by atoms with van der Waals surface area (Å²) in [5.41, 5.74) is 1.18. The number of ether oxygens (including phenoxy) is 3. The Bertz CT molecular complexity index is 486. The fraction of sp³-hybridized carbons (Fsp3) is 0.500. The van der Waals surface area contributed by atoms with Crippen molar-refractivity contribution in [3.05, 3.63) is 48.6 Å². The minimum absolute atomic E-state index is 0.0628. The van der Waals surface area contributed by atoms with Crippen LogP contribution in [-0.4, -0.2) is 55.2 Å². The lowest BCUT2D eigenvalue weighted by Gasteiger charge is -2.06. The first kappa shape index (κ1) is 24.8. The van der Waals surface area contributed by atoms with Crippen LogP contribution < -0.4 is 0 Å². The number of carbonyl (C=O) groups is 2. The third-order valence-electron chi connectivity index (χ3n) is 3.12. The summed E-state index contributed by atoms with van der Waals surface area (Å²) in [5, 5.41) is 16.3. The maximum Gasteiger partial charge on any atom is 0.303 e. The van der Waals surface area contributed by atoms with E-state index in [1.807, 2.05) is 30.3 Å². The molecule has 2 N–H and O–H groups in total. The number of carboxylic acid groups (broad SMARTS) is 2. The van der Waals surface area contributed by atoms with Gasteiger partial charge in [-0.25, -0.2) is 0 Å². The first-order valence-corrected chi connectivity index (χ1v) is 8.88. The third-order valence-corrected chi connectivity index (χ3v) is 3.12. The van der Waals surface area contributed by atoms with E-state index in [9.17, 15) is 9.59 Å². The van der Waals surface area contributed by atoms with E-state index in [2.05, 4.69) is 6.58 Å². The maximum atomic E-state index is 9.90. The number of unbranched alkanes of at least 4 members (excludes halogenated alkanes) is 1. The van der Waals surface area contributed by atoms with Gasteiger partial charge in [0.2, 0.25) is 0 Å². The monoisotopic (exact) mass is 382 g/mol. The van der Waals surface area contributed by atoms with Gasteiger partial charge in [-0.3, -0.25) is 9.59 Å². The van der Waals surface area contributed by atoms with Crippen molar-refractivity contribution >= 4 is 11.9 Å². The number of carboxylic acids is 2. The molecule has 0 aromatic heterocycles. The van der Waals surface area contributed by atoms with E-state index in [1.165, 1.54) is 5.56 Å². The van der Waals surface area contributed by atoms with Crippen LogP contribution in [0.15, 0.2) is 43.0 Å². The Balaban J connectivity index is 0.000000580. The van der Waals surface area contributed by atoms with Crippen LogP contribution in [0.2, 0.25) is 0 Å². The molecular formula is C20H30O7. The van der Waals surface area contributed by atoms with Crippen LogP contribution in [0.4, 0.5) is 0 Å². The summed E-state index contributed by atoms with van der Waals surface area (Å²) in [4.78, 5) is 19.8. The molecule has 7 nitrogen and oxygen atoms in total. The van der Waals surface area contributed by atoms with E-state index < -0.39 is 11.9 Å². The van der Waals surface area contributed by atoms with Crippen LogP contribution in [0.1, 0.15) is 31.2 Å². The van der Waals surface area contributed by atoms with Gasteiger partial charge >= 0.3 is 11.9 Å². The second kappa shape index (κ2) is 18.6. The van der Waals surface area contributed by atoms with Gasteiger partial charge in [0, 0.05) is 12.8 Å². The average Bonchev–Trinajstić information content (AvgIpc) is 2.65. The number of benzene rings is 1. The molecule has 0 aliphatic carbocycles. The molecule has 0 amide bonds. The van der Waals surface area contributed by atoms with E-state index in [1.54, 1.807) is 6.08 Å². The molecule has 1 aromatic rings. The van der Waals surface area contributed by atoms with Crippen molar-refractivity contribution in [2.45, 2.75) is 32.3 Å². The van der Waals surface area contributed by atoms with Gasteiger partial charge < -0.3 is 24.4 Å². The summed E-state index contributed by atoms with van der Waals surface area (Å²) in [6.07, 6.45) is 2.74. The number of hydrogen-bond acceptors (Lipinski definition) is 5. The predicted octanol–water partition coefficient (Wildman–Crippen LogP) is 3.14. The molecule has 0 heterocycles. The molecule has 27 heavy (non-hydrogen) atoms. The topological polar surface area (TPSA) is 102 Å². The largest absolute Gasteiger partial charge is 0.481 e. The quantitative estimate of drug-likeness (QED) is 0.355. The number of rotatable bonds is 15. The Kier molecular flexibility index (Phi) is 17.0. The first-order chi connectivity index (χ1) is 13.1. The fourth-order valence-corrected chi connectivity index (χ4v) is 1.82. The molecule has 0 bridgehead atoms. The zero-order chi connectivity index (χ0) is 20.2. The van der Waals surface area contributed by atoms with E-state index in [-0.39, 0.29) is 12.8 Å². The lowest BCUT2D eigenvalue weighted by molar-refractivity contribution is -0.139. The summed E-state index contributed by atoms with van der Waals surface area (Å²) >= 11 is 0. The molecule has 7 heteroatoms. The van der Waals surface area contributed by atoms with Crippen LogP contribution in [0.3, 0.4) is 0 Å². The highest BCUT2D eigenvalue weighted by Crippen LogP contribution is 2.00. The van der Waals surface area contributed by atoms with Crippen molar-refractivity contribution in [2.24, 2.45) is 0 Å². The highest BCUT2D eigenvalue weighted by atomic mass is 16.5. The molecule has 0 radical (unpaired) electrons. The molecule has 1 rings (SSSR count). The summed E-state index contributed by atoms with van der Waals surface area (Å²) in [7, 11) is 0. The zero-order valence-electron chi connectivity index (χ0n) is 15.7. The standard InChI is InChI=1S/C14H20O3.C6H10O4/c1-2-8-15-9-10-16-11-12-17-13-14-6-4-3-5-7-14;7-5(8)3-1-2-4-6(9)10/h2-7H,1,8-13H2;1-4H2,(H,7,8)(H,9,10). The molecule has 0 aliphatic rings. The Morgan fingerprint density at radius 2 is 1.37 bits per heavy atom. The average molecular weight is 382 g/mol. The minimum atomic E-state index is -0.870. The molecule has 152 valence electrons. The van der Waals surface area contributed by atoms with Crippen LogP contribution in [-0.2, 0) is 30.4 Å². The van der Waals surface area contributed by atoms with E-state index in [0.29, 0.717) is 52.5 Å².